The highest BCUT2D eigenvalue weighted by Crippen LogP contribution is 2.27. The molecule has 1 atom stereocenters. The smallest absolute Gasteiger partial charge is 0.370 e. The second-order valence-corrected chi connectivity index (χ2v) is 6.75. The molecule has 0 spiro atoms. The van der Waals surface area contributed by atoms with Crippen molar-refractivity contribution < 1.29 is 22.8 Å². The Morgan fingerprint density at radius 3 is 2.54 bits per heavy atom. The number of carbonyl (C=O) groups is 1. The second kappa shape index (κ2) is 9.05. The molecule has 1 aliphatic heterocycles. The van der Waals surface area contributed by atoms with Crippen LogP contribution in [0.3, 0.4) is 0 Å². The summed E-state index contributed by atoms with van der Waals surface area (Å²) in [4.78, 5) is 22.9. The van der Waals surface area contributed by atoms with Crippen LogP contribution in [0.1, 0.15) is 35.2 Å². The molecule has 1 N–H and O–H groups in total. The van der Waals surface area contributed by atoms with Gasteiger partial charge in [0, 0.05) is 31.3 Å². The van der Waals surface area contributed by atoms with Gasteiger partial charge in [0.15, 0.2) is 6.10 Å². The summed E-state index contributed by atoms with van der Waals surface area (Å²) in [7, 11) is 0. The van der Waals surface area contributed by atoms with Crippen molar-refractivity contribution in [2.45, 2.75) is 38.0 Å². The van der Waals surface area contributed by atoms with E-state index in [0.717, 1.165) is 38.0 Å². The number of aromatic nitrogens is 1. The molecule has 0 bridgehead atoms. The number of carbonyl (C=O) groups excluding carboxylic acids is 1. The van der Waals surface area contributed by atoms with E-state index in [2.05, 4.69) is 9.88 Å². The molecule has 1 amide bonds. The van der Waals surface area contributed by atoms with Crippen LogP contribution in [0.5, 0.6) is 0 Å². The monoisotopic (exact) mass is 393 g/mol. The molecule has 8 heteroatoms. The molecule has 2 aromatic rings. The lowest BCUT2D eigenvalue weighted by Crippen LogP contribution is -2.40. The maximum absolute atomic E-state index is 13.4. The van der Waals surface area contributed by atoms with Gasteiger partial charge in [-0.3, -0.25) is 14.6 Å². The summed E-state index contributed by atoms with van der Waals surface area (Å²) in [5.41, 5.74) is 3.35. The van der Waals surface area contributed by atoms with Crippen LogP contribution in [0.4, 0.5) is 18.9 Å². The molecule has 2 heterocycles. The normalized spacial score (nSPS) is 15.9. The van der Waals surface area contributed by atoms with E-state index in [0.29, 0.717) is 5.56 Å². The van der Waals surface area contributed by atoms with Gasteiger partial charge in [0.2, 0.25) is 0 Å². The van der Waals surface area contributed by atoms with Gasteiger partial charge in [-0.05, 0) is 43.0 Å². The summed E-state index contributed by atoms with van der Waals surface area (Å²) in [6, 6.07) is 9.64. The van der Waals surface area contributed by atoms with Crippen LogP contribution in [-0.2, 0) is 11.3 Å². The topological polar surface area (TPSA) is 54.5 Å². The van der Waals surface area contributed by atoms with Crippen molar-refractivity contribution in [3.05, 3.63) is 59.9 Å². The highest BCUT2D eigenvalue weighted by Gasteiger charge is 2.42. The molecule has 0 aliphatic carbocycles. The number of halogens is 3. The zero-order valence-electron chi connectivity index (χ0n) is 15.3. The Bertz CT molecular complexity index is 778. The van der Waals surface area contributed by atoms with Crippen molar-refractivity contribution in [1.82, 2.24) is 10.5 Å². The molecule has 150 valence electrons. The number of nitrogens with one attached hydrogen (secondary N) is 1. The number of nitrogens with zero attached hydrogens (tertiary/aromatic N) is 2. The molecule has 28 heavy (non-hydrogen) atoms. The van der Waals surface area contributed by atoms with Crippen molar-refractivity contribution in [3.8, 4) is 0 Å². The van der Waals surface area contributed by atoms with Crippen LogP contribution >= 0.6 is 0 Å². The number of pyridine rings is 1. The summed E-state index contributed by atoms with van der Waals surface area (Å²) in [5, 5.41) is 0. The van der Waals surface area contributed by atoms with Gasteiger partial charge in [0.1, 0.15) is 0 Å². The standard InChI is InChI=1S/C20H22F3N3O2/c21-20(22,23)18(28-25-19(27)16-7-3-1-4-8-16)12-15-11-17(14-24-13-15)26-9-5-2-6-10-26/h1,3-4,7-8,11,13-14,18H,2,5-6,9-10,12H2,(H,25,27). The fraction of sp³-hybridized carbons (Fsp3) is 0.400. The van der Waals surface area contributed by atoms with Gasteiger partial charge in [-0.1, -0.05) is 18.2 Å². The predicted molar refractivity (Wildman–Crippen MR) is 98.8 cm³/mol. The average Bonchev–Trinajstić information content (AvgIpc) is 2.71. The van der Waals surface area contributed by atoms with Crippen LogP contribution in [0, 0.1) is 0 Å². The Hall–Kier alpha value is -2.61. The van der Waals surface area contributed by atoms with Crippen molar-refractivity contribution in [1.29, 1.82) is 0 Å². The van der Waals surface area contributed by atoms with Crippen LogP contribution in [-0.4, -0.2) is 36.3 Å². The van der Waals surface area contributed by atoms with Gasteiger partial charge in [-0.25, -0.2) is 5.48 Å². The third-order valence-electron chi connectivity index (χ3n) is 4.62. The Morgan fingerprint density at radius 1 is 1.14 bits per heavy atom. The Balaban J connectivity index is 1.66. The molecular weight excluding hydrogens is 371 g/mol. The Morgan fingerprint density at radius 2 is 1.86 bits per heavy atom. The third kappa shape index (κ3) is 5.45. The number of amides is 1. The Labute approximate surface area is 161 Å². The number of hydroxylamine groups is 1. The van der Waals surface area contributed by atoms with Gasteiger partial charge in [-0.2, -0.15) is 13.2 Å². The lowest BCUT2D eigenvalue weighted by atomic mass is 10.1. The van der Waals surface area contributed by atoms with Crippen LogP contribution in [0.2, 0.25) is 0 Å². The quantitative estimate of drug-likeness (QED) is 0.757. The molecule has 1 unspecified atom stereocenters. The fourth-order valence-electron chi connectivity index (χ4n) is 3.12. The zero-order chi connectivity index (χ0) is 20.0. The van der Waals surface area contributed by atoms with Gasteiger partial charge in [0.25, 0.3) is 5.91 Å². The minimum Gasteiger partial charge on any atom is -0.370 e. The molecule has 0 saturated carbocycles. The maximum atomic E-state index is 13.4. The molecule has 1 saturated heterocycles. The molecule has 0 radical (unpaired) electrons. The SMILES string of the molecule is O=C(NOC(Cc1cncc(N2CCCCC2)c1)C(F)(F)F)c1ccccc1. The summed E-state index contributed by atoms with van der Waals surface area (Å²) in [6.45, 7) is 1.74. The first kappa shape index (κ1) is 20.1. The zero-order valence-corrected chi connectivity index (χ0v) is 15.3. The molecule has 1 aromatic heterocycles. The largest absolute Gasteiger partial charge is 0.417 e. The lowest BCUT2D eigenvalue weighted by molar-refractivity contribution is -0.231. The van der Waals surface area contributed by atoms with Crippen molar-refractivity contribution in [3.63, 3.8) is 0 Å². The van der Waals surface area contributed by atoms with Gasteiger partial charge < -0.3 is 4.90 Å². The fourth-order valence-corrected chi connectivity index (χ4v) is 3.12. The number of rotatable bonds is 6. The third-order valence-corrected chi connectivity index (χ3v) is 4.62. The average molecular weight is 393 g/mol. The summed E-state index contributed by atoms with van der Waals surface area (Å²) >= 11 is 0. The molecule has 1 aromatic carbocycles. The van der Waals surface area contributed by atoms with E-state index >= 15 is 0 Å². The van der Waals surface area contributed by atoms with Crippen molar-refractivity contribution >= 4 is 11.6 Å². The summed E-state index contributed by atoms with van der Waals surface area (Å²) < 4.78 is 40.2. The molecular formula is C20H22F3N3O2. The summed E-state index contributed by atoms with van der Waals surface area (Å²) in [6.07, 6.45) is -0.899. The highest BCUT2D eigenvalue weighted by molar-refractivity contribution is 5.93. The van der Waals surface area contributed by atoms with Crippen LogP contribution < -0.4 is 10.4 Å². The van der Waals surface area contributed by atoms with Crippen LogP contribution in [0.25, 0.3) is 0 Å². The van der Waals surface area contributed by atoms with Crippen molar-refractivity contribution in [2.75, 3.05) is 18.0 Å². The first-order chi connectivity index (χ1) is 13.4. The van der Waals surface area contributed by atoms with Crippen molar-refractivity contribution in [2.24, 2.45) is 0 Å². The van der Waals surface area contributed by atoms with E-state index in [1.54, 1.807) is 30.5 Å². The maximum Gasteiger partial charge on any atom is 0.417 e. The summed E-state index contributed by atoms with van der Waals surface area (Å²) in [5.74, 6) is -0.727. The number of alkyl halides is 3. The Kier molecular flexibility index (Phi) is 6.51. The lowest BCUT2D eigenvalue weighted by Gasteiger charge is -2.29. The first-order valence-corrected chi connectivity index (χ1v) is 9.20. The first-order valence-electron chi connectivity index (χ1n) is 9.20. The van der Waals surface area contributed by atoms with E-state index in [-0.39, 0.29) is 5.56 Å². The van der Waals surface area contributed by atoms with Gasteiger partial charge in [0.05, 0.1) is 11.9 Å². The highest BCUT2D eigenvalue weighted by atomic mass is 19.4. The van der Waals surface area contributed by atoms with Gasteiger partial charge >= 0.3 is 6.18 Å². The molecule has 5 nitrogen and oxygen atoms in total. The van der Waals surface area contributed by atoms with E-state index in [9.17, 15) is 18.0 Å². The number of hydrogen-bond donors (Lipinski definition) is 1. The minimum absolute atomic E-state index is 0.220. The molecule has 3 rings (SSSR count). The second-order valence-electron chi connectivity index (χ2n) is 6.75. The number of anilines is 1. The van der Waals surface area contributed by atoms with E-state index < -0.39 is 24.6 Å². The predicted octanol–water partition coefficient (Wildman–Crippen LogP) is 3.91. The number of benzene rings is 1. The number of piperidine rings is 1. The molecule has 1 fully saturated rings. The van der Waals surface area contributed by atoms with E-state index in [1.807, 2.05) is 5.48 Å². The minimum atomic E-state index is -4.63. The molecule has 1 aliphatic rings. The van der Waals surface area contributed by atoms with Gasteiger partial charge in [-0.15, -0.1) is 0 Å². The van der Waals surface area contributed by atoms with Crippen LogP contribution in [0.15, 0.2) is 48.8 Å². The van der Waals surface area contributed by atoms with E-state index in [4.69, 9.17) is 4.84 Å². The van der Waals surface area contributed by atoms with E-state index in [1.165, 1.54) is 18.3 Å². The number of hydrogen-bond acceptors (Lipinski definition) is 4.